The van der Waals surface area contributed by atoms with Crippen LogP contribution in [0, 0.1) is 0 Å². The summed E-state index contributed by atoms with van der Waals surface area (Å²) < 4.78 is 6.28. The van der Waals surface area contributed by atoms with Crippen LogP contribution >= 0.6 is 15.9 Å². The molecule has 112 valence electrons. The van der Waals surface area contributed by atoms with Crippen LogP contribution in [0.3, 0.4) is 0 Å². The molecule has 0 radical (unpaired) electrons. The van der Waals surface area contributed by atoms with Crippen LogP contribution in [0.5, 0.6) is 5.75 Å². The Morgan fingerprint density at radius 2 is 2.20 bits per heavy atom. The summed E-state index contributed by atoms with van der Waals surface area (Å²) in [5, 5.41) is 0. The van der Waals surface area contributed by atoms with Crippen molar-refractivity contribution in [3.63, 3.8) is 0 Å². The van der Waals surface area contributed by atoms with Crippen molar-refractivity contribution in [3.8, 4) is 5.75 Å². The molecule has 1 amide bonds. The lowest BCUT2D eigenvalue weighted by Gasteiger charge is -2.22. The zero-order valence-corrected chi connectivity index (χ0v) is 13.9. The van der Waals surface area contributed by atoms with Crippen molar-refractivity contribution in [1.29, 1.82) is 0 Å². The van der Waals surface area contributed by atoms with Gasteiger partial charge in [0.2, 0.25) is 5.91 Å². The van der Waals surface area contributed by atoms with Gasteiger partial charge < -0.3 is 15.4 Å². The predicted octanol–water partition coefficient (Wildman–Crippen LogP) is 2.93. The van der Waals surface area contributed by atoms with Crippen LogP contribution in [0.4, 0.5) is 0 Å². The third kappa shape index (κ3) is 4.80. The number of nitrogens with two attached hydrogens (primary N) is 1. The quantitative estimate of drug-likeness (QED) is 0.828. The maximum absolute atomic E-state index is 12.2. The number of carbonyl (C=O) groups is 1. The Balaban J connectivity index is 2.72. The van der Waals surface area contributed by atoms with Crippen LogP contribution < -0.4 is 10.5 Å². The number of unbranched alkanes of at least 4 members (excludes halogenated alkanes) is 1. The highest BCUT2D eigenvalue weighted by molar-refractivity contribution is 9.10. The van der Waals surface area contributed by atoms with Gasteiger partial charge in [-0.05, 0) is 24.6 Å². The Labute approximate surface area is 129 Å². The highest BCUT2D eigenvalue weighted by Crippen LogP contribution is 2.24. The summed E-state index contributed by atoms with van der Waals surface area (Å²) in [7, 11) is 3.40. The van der Waals surface area contributed by atoms with Crippen molar-refractivity contribution < 1.29 is 9.53 Å². The third-order valence-corrected chi connectivity index (χ3v) is 3.71. The molecule has 1 atom stereocenters. The number of benzene rings is 1. The van der Waals surface area contributed by atoms with E-state index >= 15 is 0 Å². The number of carbonyl (C=O) groups excluding carboxylic acids is 1. The van der Waals surface area contributed by atoms with E-state index in [1.54, 1.807) is 19.1 Å². The SMILES string of the molecule is CCCCC(N)C(=O)N(C)Cc1cc(Br)ccc1OC. The third-order valence-electron chi connectivity index (χ3n) is 3.21. The molecule has 0 bridgehead atoms. The fourth-order valence-electron chi connectivity index (χ4n) is 2.03. The summed E-state index contributed by atoms with van der Waals surface area (Å²) in [6.45, 7) is 2.58. The molecule has 0 aliphatic rings. The van der Waals surface area contributed by atoms with Gasteiger partial charge in [-0.25, -0.2) is 0 Å². The number of likely N-dealkylation sites (N-methyl/N-ethyl adjacent to an activating group) is 1. The molecule has 0 aliphatic carbocycles. The first-order valence-electron chi connectivity index (χ1n) is 6.82. The highest BCUT2D eigenvalue weighted by atomic mass is 79.9. The molecule has 1 unspecified atom stereocenters. The number of halogens is 1. The summed E-state index contributed by atoms with van der Waals surface area (Å²) in [6.07, 6.45) is 2.75. The molecule has 0 aliphatic heterocycles. The Morgan fingerprint density at radius 3 is 2.80 bits per heavy atom. The second-order valence-electron chi connectivity index (χ2n) is 4.90. The second-order valence-corrected chi connectivity index (χ2v) is 5.81. The summed E-state index contributed by atoms with van der Waals surface area (Å²) in [4.78, 5) is 13.8. The molecule has 2 N–H and O–H groups in total. The molecule has 1 rings (SSSR count). The Kier molecular flexibility index (Phi) is 7.02. The van der Waals surface area contributed by atoms with Crippen molar-refractivity contribution in [2.45, 2.75) is 38.8 Å². The monoisotopic (exact) mass is 342 g/mol. The standard InChI is InChI=1S/C15H23BrN2O2/c1-4-5-6-13(17)15(19)18(2)10-11-9-12(16)7-8-14(11)20-3/h7-9,13H,4-6,10,17H2,1-3H3. The smallest absolute Gasteiger partial charge is 0.239 e. The van der Waals surface area contributed by atoms with Gasteiger partial charge in [-0.1, -0.05) is 35.7 Å². The van der Waals surface area contributed by atoms with Crippen molar-refractivity contribution in [2.75, 3.05) is 14.2 Å². The van der Waals surface area contributed by atoms with Crippen molar-refractivity contribution in [2.24, 2.45) is 5.73 Å². The van der Waals surface area contributed by atoms with Crippen LogP contribution in [0.15, 0.2) is 22.7 Å². The normalized spacial score (nSPS) is 12.1. The molecule has 20 heavy (non-hydrogen) atoms. The van der Waals surface area contributed by atoms with Gasteiger partial charge in [0.1, 0.15) is 5.75 Å². The Morgan fingerprint density at radius 1 is 1.50 bits per heavy atom. The number of nitrogens with zero attached hydrogens (tertiary/aromatic N) is 1. The number of hydrogen-bond acceptors (Lipinski definition) is 3. The summed E-state index contributed by atoms with van der Waals surface area (Å²) in [5.74, 6) is 0.746. The van der Waals surface area contributed by atoms with Crippen molar-refractivity contribution in [1.82, 2.24) is 4.90 Å². The van der Waals surface area contributed by atoms with E-state index in [-0.39, 0.29) is 5.91 Å². The van der Waals surface area contributed by atoms with Gasteiger partial charge in [-0.3, -0.25) is 4.79 Å². The number of rotatable bonds is 7. The van der Waals surface area contributed by atoms with Crippen molar-refractivity contribution >= 4 is 21.8 Å². The molecule has 0 spiro atoms. The van der Waals surface area contributed by atoms with Gasteiger partial charge in [-0.2, -0.15) is 0 Å². The minimum absolute atomic E-state index is 0.0273. The first-order valence-corrected chi connectivity index (χ1v) is 7.61. The molecule has 0 saturated heterocycles. The molecular formula is C15H23BrN2O2. The first kappa shape index (κ1) is 17.0. The lowest BCUT2D eigenvalue weighted by molar-refractivity contribution is -0.132. The molecule has 0 heterocycles. The van der Waals surface area contributed by atoms with Crippen LogP contribution in [-0.2, 0) is 11.3 Å². The topological polar surface area (TPSA) is 55.6 Å². The Hall–Kier alpha value is -1.07. The molecular weight excluding hydrogens is 320 g/mol. The van der Waals surface area contributed by atoms with Crippen LogP contribution in [0.25, 0.3) is 0 Å². The molecule has 4 nitrogen and oxygen atoms in total. The summed E-state index contributed by atoms with van der Waals surface area (Å²) in [5.41, 5.74) is 6.89. The largest absolute Gasteiger partial charge is 0.496 e. The highest BCUT2D eigenvalue weighted by Gasteiger charge is 2.18. The van der Waals surface area contributed by atoms with E-state index in [0.717, 1.165) is 35.0 Å². The average molecular weight is 343 g/mol. The van der Waals surface area contributed by atoms with Crippen LogP contribution in [-0.4, -0.2) is 31.0 Å². The average Bonchev–Trinajstić information content (AvgIpc) is 2.44. The number of hydrogen-bond donors (Lipinski definition) is 1. The maximum Gasteiger partial charge on any atom is 0.239 e. The minimum atomic E-state index is -0.418. The van der Waals surface area contributed by atoms with Crippen LogP contribution in [0.2, 0.25) is 0 Å². The number of methoxy groups -OCH3 is 1. The lowest BCUT2D eigenvalue weighted by atomic mass is 10.1. The number of amides is 1. The van der Waals surface area contributed by atoms with E-state index in [1.807, 2.05) is 18.2 Å². The van der Waals surface area contributed by atoms with E-state index < -0.39 is 6.04 Å². The van der Waals surface area contributed by atoms with Gasteiger partial charge in [-0.15, -0.1) is 0 Å². The van der Waals surface area contributed by atoms with E-state index in [0.29, 0.717) is 6.54 Å². The van der Waals surface area contributed by atoms with Crippen LogP contribution in [0.1, 0.15) is 31.7 Å². The van der Waals surface area contributed by atoms with E-state index in [4.69, 9.17) is 10.5 Å². The van der Waals surface area contributed by atoms with E-state index in [9.17, 15) is 4.79 Å². The van der Waals surface area contributed by atoms with Gasteiger partial charge >= 0.3 is 0 Å². The molecule has 0 saturated carbocycles. The molecule has 1 aromatic rings. The zero-order chi connectivity index (χ0) is 15.1. The van der Waals surface area contributed by atoms with Crippen molar-refractivity contribution in [3.05, 3.63) is 28.2 Å². The fraction of sp³-hybridized carbons (Fsp3) is 0.533. The second kappa shape index (κ2) is 8.27. The Bertz CT molecular complexity index is 451. The fourth-order valence-corrected chi connectivity index (χ4v) is 2.44. The molecule has 0 fully saturated rings. The van der Waals surface area contributed by atoms with E-state index in [2.05, 4.69) is 22.9 Å². The lowest BCUT2D eigenvalue weighted by Crippen LogP contribution is -2.41. The van der Waals surface area contributed by atoms with Gasteiger partial charge in [0.05, 0.1) is 13.2 Å². The van der Waals surface area contributed by atoms with Gasteiger partial charge in [0.25, 0.3) is 0 Å². The molecule has 0 aromatic heterocycles. The van der Waals surface area contributed by atoms with Gasteiger partial charge in [0.15, 0.2) is 0 Å². The van der Waals surface area contributed by atoms with E-state index in [1.165, 1.54) is 0 Å². The maximum atomic E-state index is 12.2. The predicted molar refractivity (Wildman–Crippen MR) is 84.7 cm³/mol. The zero-order valence-electron chi connectivity index (χ0n) is 12.4. The molecule has 1 aromatic carbocycles. The summed E-state index contributed by atoms with van der Waals surface area (Å²) >= 11 is 3.43. The molecule has 5 heteroatoms. The summed E-state index contributed by atoms with van der Waals surface area (Å²) in [6, 6.07) is 5.34. The van der Waals surface area contributed by atoms with Gasteiger partial charge in [0, 0.05) is 23.6 Å². The number of ether oxygens (including phenoxy) is 1. The minimum Gasteiger partial charge on any atom is -0.496 e. The first-order chi connectivity index (χ1) is 9.49.